The second kappa shape index (κ2) is 4.17. The Morgan fingerprint density at radius 1 is 1.73 bits per heavy atom. The van der Waals surface area contributed by atoms with Gasteiger partial charge in [-0.1, -0.05) is 5.92 Å². The van der Waals surface area contributed by atoms with Gasteiger partial charge in [0.2, 0.25) is 0 Å². The largest absolute Gasteiger partial charge is 0.481 e. The normalized spacial score (nSPS) is 11.2. The van der Waals surface area contributed by atoms with Gasteiger partial charge < -0.3 is 16.6 Å². The molecule has 5 nitrogen and oxygen atoms in total. The van der Waals surface area contributed by atoms with Crippen molar-refractivity contribution in [1.29, 1.82) is 0 Å². The number of aliphatic carboxylic acids is 1. The molecule has 0 amide bonds. The molecule has 0 fully saturated rings. The lowest BCUT2D eigenvalue weighted by molar-refractivity contribution is -0.137. The van der Waals surface area contributed by atoms with Crippen LogP contribution >= 0.6 is 0 Å². The highest BCUT2D eigenvalue weighted by Gasteiger charge is 2.07. The molecule has 0 aromatic rings. The minimum Gasteiger partial charge on any atom is -0.481 e. The summed E-state index contributed by atoms with van der Waals surface area (Å²) in [6.07, 6.45) is 4.68. The van der Waals surface area contributed by atoms with Crippen LogP contribution in [0.3, 0.4) is 0 Å². The van der Waals surface area contributed by atoms with E-state index < -0.39 is 12.0 Å². The van der Waals surface area contributed by atoms with Crippen LogP contribution in [0.4, 0.5) is 0 Å². The zero-order valence-electron chi connectivity index (χ0n) is 5.82. The molecule has 0 spiro atoms. The molecule has 0 radical (unpaired) electrons. The fourth-order valence-corrected chi connectivity index (χ4v) is 0.487. The van der Waals surface area contributed by atoms with Gasteiger partial charge >= 0.3 is 5.97 Å². The van der Waals surface area contributed by atoms with Crippen LogP contribution in [-0.2, 0) is 4.79 Å². The quantitative estimate of drug-likeness (QED) is 0.269. The summed E-state index contributed by atoms with van der Waals surface area (Å²) in [6.45, 7) is 0. The van der Waals surface area contributed by atoms with Gasteiger partial charge in [-0.25, -0.2) is 4.99 Å². The second-order valence-electron chi connectivity index (χ2n) is 1.83. The van der Waals surface area contributed by atoms with Crippen molar-refractivity contribution in [3.8, 4) is 12.3 Å². The van der Waals surface area contributed by atoms with E-state index in [0.29, 0.717) is 0 Å². The predicted octanol–water partition coefficient (Wildman–Crippen LogP) is -1.26. The molecule has 0 bridgehead atoms. The zero-order valence-corrected chi connectivity index (χ0v) is 5.82. The minimum absolute atomic E-state index is 0.200. The number of nitrogens with two attached hydrogens (primary N) is 2. The van der Waals surface area contributed by atoms with Crippen molar-refractivity contribution in [2.75, 3.05) is 0 Å². The summed E-state index contributed by atoms with van der Waals surface area (Å²) >= 11 is 0. The van der Waals surface area contributed by atoms with Crippen molar-refractivity contribution in [3.05, 3.63) is 0 Å². The molecule has 0 saturated carbocycles. The molecule has 0 unspecified atom stereocenters. The number of hydrogen-bond donors (Lipinski definition) is 3. The van der Waals surface area contributed by atoms with E-state index in [1.165, 1.54) is 0 Å². The summed E-state index contributed by atoms with van der Waals surface area (Å²) in [7, 11) is 0. The fourth-order valence-electron chi connectivity index (χ4n) is 0.487. The molecule has 0 aromatic carbocycles. The Balaban J connectivity index is 4.11. The molecule has 60 valence electrons. The van der Waals surface area contributed by atoms with Crippen LogP contribution in [0.1, 0.15) is 6.42 Å². The number of carboxylic acids is 1. The molecular formula is C6H9N3O2. The summed E-state index contributed by atoms with van der Waals surface area (Å²) in [5, 5.41) is 8.28. The third-order valence-corrected chi connectivity index (χ3v) is 0.865. The van der Waals surface area contributed by atoms with Crippen LogP contribution < -0.4 is 11.5 Å². The first-order chi connectivity index (χ1) is 5.06. The van der Waals surface area contributed by atoms with E-state index in [1.54, 1.807) is 0 Å². The van der Waals surface area contributed by atoms with Crippen molar-refractivity contribution >= 4 is 11.9 Å². The molecule has 5 heteroatoms. The van der Waals surface area contributed by atoms with Crippen LogP contribution in [0.2, 0.25) is 0 Å². The second-order valence-corrected chi connectivity index (χ2v) is 1.83. The molecule has 1 atom stereocenters. The highest BCUT2D eigenvalue weighted by Crippen LogP contribution is 1.94. The van der Waals surface area contributed by atoms with Gasteiger partial charge in [0.05, 0.1) is 6.42 Å². The smallest absolute Gasteiger partial charge is 0.306 e. The molecule has 0 saturated heterocycles. The van der Waals surface area contributed by atoms with Crippen LogP contribution in [-0.4, -0.2) is 23.1 Å². The number of rotatable bonds is 3. The molecule has 0 aromatic heterocycles. The number of guanidine groups is 1. The Labute approximate surface area is 64.1 Å². The van der Waals surface area contributed by atoms with Crippen molar-refractivity contribution in [2.45, 2.75) is 12.5 Å². The molecule has 0 aliphatic heterocycles. The van der Waals surface area contributed by atoms with Gasteiger partial charge in [-0.2, -0.15) is 0 Å². The van der Waals surface area contributed by atoms with Gasteiger partial charge in [0.1, 0.15) is 6.04 Å². The van der Waals surface area contributed by atoms with Crippen molar-refractivity contribution in [3.63, 3.8) is 0 Å². The van der Waals surface area contributed by atoms with Gasteiger partial charge in [-0.05, 0) is 0 Å². The summed E-state index contributed by atoms with van der Waals surface area (Å²) in [4.78, 5) is 13.6. The van der Waals surface area contributed by atoms with E-state index in [1.807, 2.05) is 0 Å². The number of hydrogen-bond acceptors (Lipinski definition) is 2. The monoisotopic (exact) mass is 155 g/mol. The lowest BCUT2D eigenvalue weighted by Gasteiger charge is -2.00. The van der Waals surface area contributed by atoms with Gasteiger partial charge in [-0.3, -0.25) is 4.79 Å². The Bertz CT molecular complexity index is 212. The topological polar surface area (TPSA) is 102 Å². The van der Waals surface area contributed by atoms with E-state index in [-0.39, 0.29) is 12.4 Å². The number of nitrogens with zero attached hydrogens (tertiary/aromatic N) is 1. The molecule has 0 aliphatic rings. The third kappa shape index (κ3) is 4.78. The first kappa shape index (κ1) is 9.30. The van der Waals surface area contributed by atoms with Crippen molar-refractivity contribution in [1.82, 2.24) is 0 Å². The maximum Gasteiger partial charge on any atom is 0.306 e. The highest BCUT2D eigenvalue weighted by atomic mass is 16.4. The fraction of sp³-hybridized carbons (Fsp3) is 0.333. The van der Waals surface area contributed by atoms with E-state index >= 15 is 0 Å². The molecule has 5 N–H and O–H groups in total. The first-order valence-electron chi connectivity index (χ1n) is 2.83. The Morgan fingerprint density at radius 2 is 2.27 bits per heavy atom. The average Bonchev–Trinajstić information content (AvgIpc) is 1.84. The number of aliphatic imine (C=N–C) groups is 1. The number of carbonyl (C=O) groups is 1. The van der Waals surface area contributed by atoms with Gasteiger partial charge in [0.15, 0.2) is 5.96 Å². The first-order valence-corrected chi connectivity index (χ1v) is 2.83. The van der Waals surface area contributed by atoms with E-state index in [2.05, 4.69) is 10.9 Å². The summed E-state index contributed by atoms with van der Waals surface area (Å²) < 4.78 is 0. The average molecular weight is 155 g/mol. The summed E-state index contributed by atoms with van der Waals surface area (Å²) in [6, 6.07) is -0.766. The van der Waals surface area contributed by atoms with E-state index in [9.17, 15) is 4.79 Å². The lowest BCUT2D eigenvalue weighted by atomic mass is 10.2. The number of terminal acetylenes is 1. The zero-order chi connectivity index (χ0) is 8.85. The Morgan fingerprint density at radius 3 is 2.55 bits per heavy atom. The molecule has 0 heterocycles. The minimum atomic E-state index is -1.03. The van der Waals surface area contributed by atoms with Gasteiger partial charge in [0.25, 0.3) is 0 Å². The molecule has 0 rings (SSSR count). The highest BCUT2D eigenvalue weighted by molar-refractivity contribution is 5.77. The maximum atomic E-state index is 10.1. The van der Waals surface area contributed by atoms with Crippen molar-refractivity contribution in [2.24, 2.45) is 16.5 Å². The molecular weight excluding hydrogens is 146 g/mol. The Hall–Kier alpha value is -1.70. The van der Waals surface area contributed by atoms with Crippen LogP contribution in [0.25, 0.3) is 0 Å². The van der Waals surface area contributed by atoms with Gasteiger partial charge in [-0.15, -0.1) is 6.42 Å². The molecule has 0 aliphatic carbocycles. The number of carboxylic acid groups (broad SMARTS) is 1. The standard InChI is InChI=1S/C6H9N3O2/c1-2-4(3-5(10)11)9-6(7)8/h1,4H,3H2,(H,10,11)(H4,7,8,9)/t4-/m1/s1. The van der Waals surface area contributed by atoms with Crippen LogP contribution in [0, 0.1) is 12.3 Å². The summed E-state index contributed by atoms with van der Waals surface area (Å²) in [5.74, 6) is 0.907. The maximum absolute atomic E-state index is 10.1. The van der Waals surface area contributed by atoms with Crippen LogP contribution in [0.5, 0.6) is 0 Å². The Kier molecular flexibility index (Phi) is 3.52. The van der Waals surface area contributed by atoms with Crippen LogP contribution in [0.15, 0.2) is 4.99 Å². The predicted molar refractivity (Wildman–Crippen MR) is 40.7 cm³/mol. The lowest BCUT2D eigenvalue weighted by Crippen LogP contribution is -2.25. The van der Waals surface area contributed by atoms with Crippen molar-refractivity contribution < 1.29 is 9.90 Å². The van der Waals surface area contributed by atoms with E-state index in [4.69, 9.17) is 23.0 Å². The van der Waals surface area contributed by atoms with Gasteiger partial charge in [0, 0.05) is 0 Å². The third-order valence-electron chi connectivity index (χ3n) is 0.865. The van der Waals surface area contributed by atoms with E-state index in [0.717, 1.165) is 0 Å². The SMILES string of the molecule is C#C[C@H](CC(=O)O)N=C(N)N. The summed E-state index contributed by atoms with van der Waals surface area (Å²) in [5.41, 5.74) is 9.97. The molecule has 11 heavy (non-hydrogen) atoms.